The standard InChI is InChI=1S/C27H42Br2O2/c1-16-14-26(28,29)27(30-15-16)17(2)23-22(31-27)13-21-19-9-8-18-7-5-6-11-24(18,3)20(19)10-12-25(21,23)4/h16-23H,5-15H2,1-4H3/t16?,17-,18?,19+,20-,21-,22-,23-,24-,25-,27-/m0/s1. The number of fused-ring (bicyclic) bond motifs is 7. The number of hydrogen-bond acceptors (Lipinski definition) is 2. The van der Waals surface area contributed by atoms with E-state index in [2.05, 4.69) is 59.6 Å². The van der Waals surface area contributed by atoms with Gasteiger partial charge in [-0.2, -0.15) is 0 Å². The van der Waals surface area contributed by atoms with Gasteiger partial charge in [0.1, 0.15) is 3.23 Å². The van der Waals surface area contributed by atoms with Crippen LogP contribution in [0.25, 0.3) is 0 Å². The summed E-state index contributed by atoms with van der Waals surface area (Å²) in [6.07, 6.45) is 14.5. The minimum atomic E-state index is -0.521. The molecule has 4 saturated carbocycles. The summed E-state index contributed by atoms with van der Waals surface area (Å²) in [7, 11) is 0. The Morgan fingerprint density at radius 3 is 2.45 bits per heavy atom. The Hall–Kier alpha value is 0.880. The molecule has 176 valence electrons. The summed E-state index contributed by atoms with van der Waals surface area (Å²) in [6, 6.07) is 0. The number of hydrogen-bond donors (Lipinski definition) is 0. The van der Waals surface area contributed by atoms with Gasteiger partial charge in [0.05, 0.1) is 12.7 Å². The lowest BCUT2D eigenvalue weighted by Gasteiger charge is -2.61. The molecule has 6 fully saturated rings. The summed E-state index contributed by atoms with van der Waals surface area (Å²) >= 11 is 8.08. The van der Waals surface area contributed by atoms with E-state index in [1.165, 1.54) is 57.8 Å². The number of halogens is 2. The second-order valence-electron chi connectivity index (χ2n) is 13.1. The van der Waals surface area contributed by atoms with E-state index in [1.54, 1.807) is 0 Å². The molecule has 0 aromatic carbocycles. The zero-order chi connectivity index (χ0) is 21.8. The van der Waals surface area contributed by atoms with Crippen LogP contribution in [-0.2, 0) is 9.47 Å². The molecule has 2 saturated heterocycles. The predicted molar refractivity (Wildman–Crippen MR) is 132 cm³/mol. The van der Waals surface area contributed by atoms with E-state index in [4.69, 9.17) is 9.47 Å². The van der Waals surface area contributed by atoms with Crippen molar-refractivity contribution in [3.8, 4) is 0 Å². The zero-order valence-corrected chi connectivity index (χ0v) is 23.1. The molecule has 4 aliphatic carbocycles. The Morgan fingerprint density at radius 1 is 0.871 bits per heavy atom. The minimum Gasteiger partial charge on any atom is -0.347 e. The first kappa shape index (κ1) is 22.4. The molecule has 0 amide bonds. The maximum Gasteiger partial charge on any atom is 0.196 e. The molecule has 2 aliphatic heterocycles. The fourth-order valence-electron chi connectivity index (χ4n) is 10.5. The molecule has 0 aromatic rings. The van der Waals surface area contributed by atoms with Gasteiger partial charge in [-0.15, -0.1) is 0 Å². The molecule has 0 N–H and O–H groups in total. The van der Waals surface area contributed by atoms with Gasteiger partial charge in [0.2, 0.25) is 0 Å². The molecule has 0 bridgehead atoms. The van der Waals surface area contributed by atoms with Gasteiger partial charge in [-0.25, -0.2) is 0 Å². The van der Waals surface area contributed by atoms with Crippen molar-refractivity contribution in [1.82, 2.24) is 0 Å². The molecule has 0 radical (unpaired) electrons. The average Bonchev–Trinajstić information content (AvgIpc) is 3.16. The third-order valence-electron chi connectivity index (χ3n) is 11.8. The highest BCUT2D eigenvalue weighted by molar-refractivity contribution is 9.25. The van der Waals surface area contributed by atoms with Gasteiger partial charge in [-0.05, 0) is 97.7 Å². The Bertz CT molecular complexity index is 741. The Kier molecular flexibility index (Phi) is 5.19. The second-order valence-corrected chi connectivity index (χ2v) is 16.9. The van der Waals surface area contributed by atoms with Crippen LogP contribution in [0.5, 0.6) is 0 Å². The Balaban J connectivity index is 1.30. The van der Waals surface area contributed by atoms with Crippen molar-refractivity contribution in [2.45, 2.75) is 107 Å². The predicted octanol–water partition coefficient (Wildman–Crippen LogP) is 7.92. The summed E-state index contributed by atoms with van der Waals surface area (Å²) in [4.78, 5) is 0. The molecule has 2 heterocycles. The van der Waals surface area contributed by atoms with Crippen LogP contribution in [0.2, 0.25) is 0 Å². The average molecular weight is 558 g/mol. The highest BCUT2D eigenvalue weighted by atomic mass is 79.9. The van der Waals surface area contributed by atoms with Crippen molar-refractivity contribution in [2.24, 2.45) is 52.3 Å². The topological polar surface area (TPSA) is 18.5 Å². The van der Waals surface area contributed by atoms with Gasteiger partial charge in [0.15, 0.2) is 5.79 Å². The largest absolute Gasteiger partial charge is 0.347 e. The van der Waals surface area contributed by atoms with Crippen LogP contribution in [0.4, 0.5) is 0 Å². The van der Waals surface area contributed by atoms with Crippen molar-refractivity contribution >= 4 is 31.9 Å². The highest BCUT2D eigenvalue weighted by Crippen LogP contribution is 2.72. The first-order chi connectivity index (χ1) is 14.6. The van der Waals surface area contributed by atoms with Crippen molar-refractivity contribution in [2.75, 3.05) is 6.61 Å². The molecule has 1 spiro atoms. The molecule has 2 nitrogen and oxygen atoms in total. The van der Waals surface area contributed by atoms with Gasteiger partial charge in [0.25, 0.3) is 0 Å². The monoisotopic (exact) mass is 556 g/mol. The molecule has 11 atom stereocenters. The smallest absolute Gasteiger partial charge is 0.196 e. The van der Waals surface area contributed by atoms with E-state index >= 15 is 0 Å². The van der Waals surface area contributed by atoms with Gasteiger partial charge in [-0.3, -0.25) is 0 Å². The van der Waals surface area contributed by atoms with Crippen LogP contribution in [0, 0.1) is 52.3 Å². The van der Waals surface area contributed by atoms with E-state index in [1.807, 2.05) is 0 Å². The summed E-state index contributed by atoms with van der Waals surface area (Å²) < 4.78 is 13.4. The van der Waals surface area contributed by atoms with Crippen molar-refractivity contribution in [1.29, 1.82) is 0 Å². The summed E-state index contributed by atoms with van der Waals surface area (Å²) in [5, 5.41) is 0. The summed E-state index contributed by atoms with van der Waals surface area (Å²) in [6.45, 7) is 10.9. The SMILES string of the molecule is CC1CO[C@@]2(O[C@H]3C[C@H]4[C@@H]5CCC6CCCC[C@]6(C)[C@H]5CC[C@]4(C)[C@H]3[C@@H]2C)C(Br)(Br)C1. The molecule has 4 heteroatoms. The maximum atomic E-state index is 7.04. The number of rotatable bonds is 0. The van der Waals surface area contributed by atoms with Crippen LogP contribution in [0.15, 0.2) is 0 Å². The van der Waals surface area contributed by atoms with E-state index in [-0.39, 0.29) is 3.23 Å². The molecule has 2 unspecified atom stereocenters. The molecule has 0 aromatic heterocycles. The van der Waals surface area contributed by atoms with Crippen LogP contribution in [-0.4, -0.2) is 21.7 Å². The fourth-order valence-corrected chi connectivity index (χ4v) is 12.7. The Morgan fingerprint density at radius 2 is 1.68 bits per heavy atom. The molecule has 6 aliphatic rings. The highest BCUT2D eigenvalue weighted by Gasteiger charge is 2.73. The van der Waals surface area contributed by atoms with E-state index in [9.17, 15) is 0 Å². The fraction of sp³-hybridized carbons (Fsp3) is 1.00. The lowest BCUT2D eigenvalue weighted by atomic mass is 9.44. The normalized spacial score (nSPS) is 60.2. The van der Waals surface area contributed by atoms with E-state index < -0.39 is 5.79 Å². The van der Waals surface area contributed by atoms with E-state index in [0.717, 1.165) is 36.7 Å². The van der Waals surface area contributed by atoms with Gasteiger partial charge in [0, 0.05) is 5.92 Å². The van der Waals surface area contributed by atoms with Gasteiger partial charge in [-0.1, -0.05) is 72.4 Å². The number of alkyl halides is 2. The van der Waals surface area contributed by atoms with Crippen molar-refractivity contribution in [3.63, 3.8) is 0 Å². The second kappa shape index (κ2) is 7.20. The Labute approximate surface area is 206 Å². The van der Waals surface area contributed by atoms with Crippen LogP contribution >= 0.6 is 31.9 Å². The molecule has 31 heavy (non-hydrogen) atoms. The third kappa shape index (κ3) is 2.86. The van der Waals surface area contributed by atoms with Crippen LogP contribution < -0.4 is 0 Å². The van der Waals surface area contributed by atoms with Gasteiger partial charge >= 0.3 is 0 Å². The van der Waals surface area contributed by atoms with Crippen molar-refractivity contribution < 1.29 is 9.47 Å². The van der Waals surface area contributed by atoms with Crippen LogP contribution in [0.3, 0.4) is 0 Å². The van der Waals surface area contributed by atoms with Gasteiger partial charge < -0.3 is 9.47 Å². The quantitative estimate of drug-likeness (QED) is 0.281. The third-order valence-corrected chi connectivity index (χ3v) is 13.6. The molecular weight excluding hydrogens is 516 g/mol. The molecular formula is C27H42Br2O2. The molecule has 6 rings (SSSR count). The maximum absolute atomic E-state index is 7.04. The van der Waals surface area contributed by atoms with Crippen LogP contribution in [0.1, 0.15) is 91.9 Å². The first-order valence-electron chi connectivity index (χ1n) is 13.3. The zero-order valence-electron chi connectivity index (χ0n) is 20.0. The first-order valence-corrected chi connectivity index (χ1v) is 14.9. The summed E-state index contributed by atoms with van der Waals surface area (Å²) in [5.74, 6) is 4.81. The number of ether oxygens (including phenoxy) is 2. The minimum absolute atomic E-state index is 0.273. The lowest BCUT2D eigenvalue weighted by molar-refractivity contribution is -0.272. The summed E-state index contributed by atoms with van der Waals surface area (Å²) in [5.41, 5.74) is 1.03. The van der Waals surface area contributed by atoms with Crippen molar-refractivity contribution in [3.05, 3.63) is 0 Å². The van der Waals surface area contributed by atoms with E-state index in [0.29, 0.717) is 34.7 Å². The lowest BCUT2D eigenvalue weighted by Crippen LogP contribution is -2.59.